The second kappa shape index (κ2) is 7.48. The van der Waals surface area contributed by atoms with Crippen LogP contribution in [-0.2, 0) is 14.1 Å². The van der Waals surface area contributed by atoms with E-state index >= 15 is 0 Å². The van der Waals surface area contributed by atoms with Gasteiger partial charge in [-0.05, 0) is 48.0 Å². The van der Waals surface area contributed by atoms with Crippen molar-refractivity contribution in [3.05, 3.63) is 95.7 Å². The number of hydrogen-bond donors (Lipinski definition) is 0. The minimum absolute atomic E-state index is 0.219. The third kappa shape index (κ3) is 3.11. The van der Waals surface area contributed by atoms with Gasteiger partial charge in [-0.15, -0.1) is 0 Å². The van der Waals surface area contributed by atoms with E-state index in [1.54, 1.807) is 45.4 Å². The van der Waals surface area contributed by atoms with Crippen LogP contribution in [-0.4, -0.2) is 28.9 Å². The number of halogens is 1. The molecular weight excluding hydrogens is 431 g/mol. The molecule has 0 saturated heterocycles. The Hall–Kier alpha value is -4.59. The van der Waals surface area contributed by atoms with Gasteiger partial charge in [-0.2, -0.15) is 5.10 Å². The molecule has 0 bridgehead atoms. The minimum atomic E-state index is -0.354. The maximum Gasteiger partial charge on any atom is 0.333 e. The number of benzene rings is 2. The second-order valence-corrected chi connectivity index (χ2v) is 8.21. The smallest absolute Gasteiger partial charge is 0.293 e. The zero-order chi connectivity index (χ0) is 23.4. The molecule has 8 heteroatoms. The predicted octanol–water partition coefficient (Wildman–Crippen LogP) is 4.48. The molecule has 4 aromatic heterocycles. The number of nitrogens with zero attached hydrogens (tertiary/aromatic N) is 6. The Morgan fingerprint density at radius 3 is 2.32 bits per heavy atom. The lowest BCUT2D eigenvalue weighted by atomic mass is 10.0. The second-order valence-electron chi connectivity index (χ2n) is 8.21. The molecule has 166 valence electrons. The Morgan fingerprint density at radius 2 is 1.62 bits per heavy atom. The molecule has 0 aliphatic heterocycles. The number of pyridine rings is 2. The van der Waals surface area contributed by atoms with Gasteiger partial charge in [0, 0.05) is 43.0 Å². The Morgan fingerprint density at radius 1 is 0.824 bits per heavy atom. The lowest BCUT2D eigenvalue weighted by Crippen LogP contribution is -2.20. The van der Waals surface area contributed by atoms with Crippen LogP contribution in [0.3, 0.4) is 0 Å². The molecule has 2 aromatic carbocycles. The van der Waals surface area contributed by atoms with Crippen molar-refractivity contribution in [1.82, 2.24) is 28.9 Å². The lowest BCUT2D eigenvalue weighted by Gasteiger charge is -2.08. The number of aryl methyl sites for hydroxylation is 2. The fourth-order valence-corrected chi connectivity index (χ4v) is 4.30. The Bertz CT molecular complexity index is 1740. The Balaban J connectivity index is 1.54. The molecule has 0 atom stereocenters. The number of hydrogen-bond acceptors (Lipinski definition) is 4. The lowest BCUT2D eigenvalue weighted by molar-refractivity contribution is 0.627. The summed E-state index contributed by atoms with van der Waals surface area (Å²) in [4.78, 5) is 22.3. The normalized spacial score (nSPS) is 11.5. The van der Waals surface area contributed by atoms with Crippen LogP contribution in [0.2, 0.25) is 0 Å². The van der Waals surface area contributed by atoms with E-state index in [0.29, 0.717) is 11.2 Å². The molecule has 0 radical (unpaired) electrons. The van der Waals surface area contributed by atoms with Gasteiger partial charge in [0.1, 0.15) is 5.82 Å². The molecule has 0 N–H and O–H groups in total. The van der Waals surface area contributed by atoms with Crippen molar-refractivity contribution in [2.45, 2.75) is 0 Å². The summed E-state index contributed by atoms with van der Waals surface area (Å²) in [5.41, 5.74) is 6.25. The van der Waals surface area contributed by atoms with E-state index in [2.05, 4.69) is 15.1 Å². The van der Waals surface area contributed by atoms with Crippen LogP contribution < -0.4 is 5.69 Å². The summed E-state index contributed by atoms with van der Waals surface area (Å²) in [5.74, 6) is -0.354. The van der Waals surface area contributed by atoms with Crippen molar-refractivity contribution in [3.8, 4) is 28.1 Å². The molecule has 0 aliphatic rings. The first-order valence-electron chi connectivity index (χ1n) is 10.7. The average molecular weight is 450 g/mol. The van der Waals surface area contributed by atoms with E-state index in [4.69, 9.17) is 0 Å². The van der Waals surface area contributed by atoms with Crippen molar-refractivity contribution in [3.63, 3.8) is 0 Å². The number of rotatable bonds is 3. The highest BCUT2D eigenvalue weighted by atomic mass is 19.1. The van der Waals surface area contributed by atoms with Gasteiger partial charge in [0.15, 0.2) is 0 Å². The molecule has 0 spiro atoms. The SMILES string of the molecule is Cn1cc(-c2ccc(-c3ccc4ncc5c(c4c3)n(-c3ccc(F)cc3)c(=O)n5C)cn2)cn1. The van der Waals surface area contributed by atoms with Crippen LogP contribution in [0.1, 0.15) is 0 Å². The molecule has 34 heavy (non-hydrogen) atoms. The third-order valence-corrected chi connectivity index (χ3v) is 6.07. The van der Waals surface area contributed by atoms with Gasteiger partial charge in [-0.3, -0.25) is 23.8 Å². The van der Waals surface area contributed by atoms with Gasteiger partial charge >= 0.3 is 5.69 Å². The molecule has 4 heterocycles. The largest absolute Gasteiger partial charge is 0.333 e. The van der Waals surface area contributed by atoms with Gasteiger partial charge < -0.3 is 0 Å². The Labute approximate surface area is 193 Å². The maximum absolute atomic E-state index is 13.5. The number of aromatic nitrogens is 6. The highest BCUT2D eigenvalue weighted by Crippen LogP contribution is 2.30. The molecule has 0 unspecified atom stereocenters. The van der Waals surface area contributed by atoms with Gasteiger partial charge in [0.25, 0.3) is 0 Å². The summed E-state index contributed by atoms with van der Waals surface area (Å²) in [6.07, 6.45) is 7.23. The van der Waals surface area contributed by atoms with Crippen molar-refractivity contribution in [2.75, 3.05) is 0 Å². The molecule has 6 aromatic rings. The first kappa shape index (κ1) is 20.0. The van der Waals surface area contributed by atoms with Crippen LogP contribution in [0.5, 0.6) is 0 Å². The van der Waals surface area contributed by atoms with Gasteiger partial charge in [-0.1, -0.05) is 12.1 Å². The first-order valence-corrected chi connectivity index (χ1v) is 10.7. The topological polar surface area (TPSA) is 70.5 Å². The zero-order valence-corrected chi connectivity index (χ0v) is 18.5. The number of fused-ring (bicyclic) bond motifs is 3. The highest BCUT2D eigenvalue weighted by molar-refractivity contribution is 6.04. The first-order chi connectivity index (χ1) is 16.5. The molecule has 0 fully saturated rings. The summed E-state index contributed by atoms with van der Waals surface area (Å²) < 4.78 is 18.4. The van der Waals surface area contributed by atoms with Crippen LogP contribution in [0, 0.1) is 5.82 Å². The van der Waals surface area contributed by atoms with Gasteiger partial charge in [0.05, 0.1) is 40.3 Å². The van der Waals surface area contributed by atoms with E-state index in [-0.39, 0.29) is 11.5 Å². The van der Waals surface area contributed by atoms with Crippen molar-refractivity contribution in [2.24, 2.45) is 14.1 Å². The fraction of sp³-hybridized carbons (Fsp3) is 0.0769. The average Bonchev–Trinajstić information content (AvgIpc) is 3.41. The van der Waals surface area contributed by atoms with E-state index in [0.717, 1.165) is 38.8 Å². The number of imidazole rings is 1. The molecule has 0 amide bonds. The van der Waals surface area contributed by atoms with Crippen molar-refractivity contribution >= 4 is 21.9 Å². The van der Waals surface area contributed by atoms with Crippen LogP contribution in [0.25, 0.3) is 50.0 Å². The Kier molecular flexibility index (Phi) is 4.41. The zero-order valence-electron chi connectivity index (χ0n) is 18.5. The summed E-state index contributed by atoms with van der Waals surface area (Å²) in [6.45, 7) is 0. The monoisotopic (exact) mass is 450 g/mol. The van der Waals surface area contributed by atoms with Crippen molar-refractivity contribution < 1.29 is 4.39 Å². The molecule has 0 aliphatic carbocycles. The summed E-state index contributed by atoms with van der Waals surface area (Å²) in [7, 11) is 3.58. The van der Waals surface area contributed by atoms with Gasteiger partial charge in [0.2, 0.25) is 0 Å². The third-order valence-electron chi connectivity index (χ3n) is 6.07. The molecule has 7 nitrogen and oxygen atoms in total. The summed E-state index contributed by atoms with van der Waals surface area (Å²) >= 11 is 0. The highest BCUT2D eigenvalue weighted by Gasteiger charge is 2.17. The van der Waals surface area contributed by atoms with Crippen LogP contribution in [0.15, 0.2) is 84.2 Å². The molecule has 0 saturated carbocycles. The van der Waals surface area contributed by atoms with Crippen LogP contribution in [0.4, 0.5) is 4.39 Å². The van der Waals surface area contributed by atoms with E-state index in [9.17, 15) is 9.18 Å². The molecule has 6 rings (SSSR count). The van der Waals surface area contributed by atoms with Crippen LogP contribution >= 0.6 is 0 Å². The fourth-order valence-electron chi connectivity index (χ4n) is 4.30. The standard InChI is InChI=1S/C26H19FN6O/c1-31-15-18(13-30-31)22-9-4-17(12-28-22)16-3-10-23-21(11-16)25-24(14-29-23)32(2)26(34)33(25)20-7-5-19(27)6-8-20/h3-15H,1-2H3. The maximum atomic E-state index is 13.5. The van der Waals surface area contributed by atoms with Gasteiger partial charge in [-0.25, -0.2) is 9.18 Å². The van der Waals surface area contributed by atoms with E-state index < -0.39 is 0 Å². The predicted molar refractivity (Wildman–Crippen MR) is 129 cm³/mol. The summed E-state index contributed by atoms with van der Waals surface area (Å²) in [5, 5.41) is 5.03. The van der Waals surface area contributed by atoms with E-state index in [1.807, 2.05) is 49.8 Å². The van der Waals surface area contributed by atoms with E-state index in [1.165, 1.54) is 12.1 Å². The summed E-state index contributed by atoms with van der Waals surface area (Å²) in [6, 6.07) is 15.8. The van der Waals surface area contributed by atoms with Crippen molar-refractivity contribution in [1.29, 1.82) is 0 Å². The quantitative estimate of drug-likeness (QED) is 0.399. The molecular formula is C26H19FN6O. The minimum Gasteiger partial charge on any atom is -0.293 e.